The fourth-order valence-electron chi connectivity index (χ4n) is 0.667. The second-order valence-electron chi connectivity index (χ2n) is 4.20. The molecule has 0 aliphatic rings. The largest absolute Gasteiger partial charge is 0.215 e. The van der Waals surface area contributed by atoms with Crippen LogP contribution in [0.2, 0.25) is 0 Å². The Hall–Kier alpha value is -0.0900. The van der Waals surface area contributed by atoms with Crippen molar-refractivity contribution in [3.63, 3.8) is 0 Å². The van der Waals surface area contributed by atoms with Gasteiger partial charge in [-0.15, -0.1) is 0 Å². The molecule has 0 rings (SSSR count). The third-order valence-corrected chi connectivity index (χ3v) is 2.83. The van der Waals surface area contributed by atoms with Crippen molar-refractivity contribution in [3.8, 4) is 0 Å². The molecular weight excluding hydrogens is 174 g/mol. The van der Waals surface area contributed by atoms with E-state index in [9.17, 15) is 8.42 Å². The van der Waals surface area contributed by atoms with Gasteiger partial charge in [-0.2, -0.15) is 0 Å². The zero-order valence-electron chi connectivity index (χ0n) is 8.35. The molecule has 0 radical (unpaired) electrons. The number of hydrogen-bond donors (Lipinski definition) is 1. The highest BCUT2D eigenvalue weighted by atomic mass is 32.2. The Morgan fingerprint density at radius 3 is 2.08 bits per heavy atom. The monoisotopic (exact) mass is 193 g/mol. The van der Waals surface area contributed by atoms with Crippen LogP contribution >= 0.6 is 0 Å². The summed E-state index contributed by atoms with van der Waals surface area (Å²) in [6.45, 7) is 8.37. The van der Waals surface area contributed by atoms with Gasteiger partial charge in [-0.25, -0.2) is 13.1 Å². The Kier molecular flexibility index (Phi) is 4.20. The molecule has 0 heterocycles. The Bertz CT molecular complexity index is 214. The van der Waals surface area contributed by atoms with E-state index >= 15 is 0 Å². The van der Waals surface area contributed by atoms with Crippen molar-refractivity contribution in [1.29, 1.82) is 0 Å². The lowest BCUT2D eigenvalue weighted by Gasteiger charge is -2.18. The van der Waals surface area contributed by atoms with Crippen molar-refractivity contribution in [3.05, 3.63) is 0 Å². The summed E-state index contributed by atoms with van der Waals surface area (Å²) in [5.74, 6) is 0.225. The average molecular weight is 193 g/mol. The minimum Gasteiger partial charge on any atom is -0.215 e. The maximum Gasteiger partial charge on any atom is 0.211 e. The van der Waals surface area contributed by atoms with E-state index in [1.165, 1.54) is 0 Å². The number of hydrogen-bond acceptors (Lipinski definition) is 2. The molecule has 0 unspecified atom stereocenters. The number of rotatable bonds is 4. The smallest absolute Gasteiger partial charge is 0.211 e. The molecule has 0 aromatic carbocycles. The third kappa shape index (κ3) is 6.61. The molecule has 0 spiro atoms. The molecule has 74 valence electrons. The van der Waals surface area contributed by atoms with Gasteiger partial charge in [-0.1, -0.05) is 27.7 Å². The van der Waals surface area contributed by atoms with Gasteiger partial charge >= 0.3 is 0 Å². The summed E-state index contributed by atoms with van der Waals surface area (Å²) in [6, 6.07) is 0. The Morgan fingerprint density at radius 2 is 1.75 bits per heavy atom. The van der Waals surface area contributed by atoms with Crippen LogP contribution in [0, 0.1) is 5.41 Å². The minimum absolute atomic E-state index is 0.0147. The number of sulfonamides is 1. The standard InChI is InChI=1S/C8H19NO2S/c1-5-6-12(10,11)9-7-8(2,3)4/h9H,5-7H2,1-4H3. The van der Waals surface area contributed by atoms with Crippen molar-refractivity contribution in [2.75, 3.05) is 12.3 Å². The summed E-state index contributed by atoms with van der Waals surface area (Å²) in [5, 5.41) is 0. The van der Waals surface area contributed by atoms with Gasteiger partial charge in [0.05, 0.1) is 5.75 Å². The van der Waals surface area contributed by atoms with Gasteiger partial charge in [0.15, 0.2) is 0 Å². The van der Waals surface area contributed by atoms with Gasteiger partial charge in [0.1, 0.15) is 0 Å². The molecule has 0 atom stereocenters. The van der Waals surface area contributed by atoms with E-state index in [0.717, 1.165) is 0 Å². The fourth-order valence-corrected chi connectivity index (χ4v) is 2.00. The van der Waals surface area contributed by atoms with Crippen LogP contribution in [-0.4, -0.2) is 20.7 Å². The molecule has 0 aliphatic carbocycles. The molecule has 4 heteroatoms. The molecule has 0 aromatic rings. The van der Waals surface area contributed by atoms with Crippen molar-refractivity contribution >= 4 is 10.0 Å². The molecule has 0 saturated heterocycles. The van der Waals surface area contributed by atoms with Crippen molar-refractivity contribution < 1.29 is 8.42 Å². The molecule has 1 N–H and O–H groups in total. The lowest BCUT2D eigenvalue weighted by atomic mass is 9.98. The summed E-state index contributed by atoms with van der Waals surface area (Å²) < 4.78 is 24.9. The maximum absolute atomic E-state index is 11.2. The van der Waals surface area contributed by atoms with Crippen molar-refractivity contribution in [2.24, 2.45) is 5.41 Å². The van der Waals surface area contributed by atoms with Gasteiger partial charge in [0.25, 0.3) is 0 Å². The van der Waals surface area contributed by atoms with E-state index in [-0.39, 0.29) is 11.2 Å². The van der Waals surface area contributed by atoms with E-state index in [2.05, 4.69) is 4.72 Å². The van der Waals surface area contributed by atoms with Crippen LogP contribution < -0.4 is 4.72 Å². The highest BCUT2D eigenvalue weighted by Crippen LogP contribution is 2.10. The lowest BCUT2D eigenvalue weighted by molar-refractivity contribution is 0.407. The quantitative estimate of drug-likeness (QED) is 0.733. The van der Waals surface area contributed by atoms with Gasteiger partial charge in [-0.3, -0.25) is 0 Å². The van der Waals surface area contributed by atoms with Crippen LogP contribution in [0.25, 0.3) is 0 Å². The van der Waals surface area contributed by atoms with E-state index in [0.29, 0.717) is 13.0 Å². The molecular formula is C8H19NO2S. The van der Waals surface area contributed by atoms with Gasteiger partial charge in [0.2, 0.25) is 10.0 Å². The maximum atomic E-state index is 11.2. The van der Waals surface area contributed by atoms with Crippen LogP contribution in [0.15, 0.2) is 0 Å². The first-order valence-electron chi connectivity index (χ1n) is 4.24. The summed E-state index contributed by atoms with van der Waals surface area (Å²) in [4.78, 5) is 0. The van der Waals surface area contributed by atoms with Gasteiger partial charge < -0.3 is 0 Å². The highest BCUT2D eigenvalue weighted by molar-refractivity contribution is 7.89. The molecule has 0 aromatic heterocycles. The van der Waals surface area contributed by atoms with Gasteiger partial charge in [0, 0.05) is 6.54 Å². The zero-order valence-corrected chi connectivity index (χ0v) is 9.16. The van der Waals surface area contributed by atoms with Crippen molar-refractivity contribution in [2.45, 2.75) is 34.1 Å². The predicted molar refractivity (Wildman–Crippen MR) is 51.5 cm³/mol. The predicted octanol–water partition coefficient (Wildman–Crippen LogP) is 1.36. The van der Waals surface area contributed by atoms with E-state index < -0.39 is 10.0 Å². The van der Waals surface area contributed by atoms with Crippen LogP contribution in [0.4, 0.5) is 0 Å². The highest BCUT2D eigenvalue weighted by Gasteiger charge is 2.14. The van der Waals surface area contributed by atoms with Crippen LogP contribution in [-0.2, 0) is 10.0 Å². The molecule has 0 amide bonds. The summed E-state index contributed by atoms with van der Waals surface area (Å²) in [6.07, 6.45) is 0.666. The van der Waals surface area contributed by atoms with E-state index in [1.807, 2.05) is 27.7 Å². The summed E-state index contributed by atoms with van der Waals surface area (Å²) in [7, 11) is -3.01. The SMILES string of the molecule is CCCS(=O)(=O)NCC(C)(C)C. The van der Waals surface area contributed by atoms with E-state index in [1.54, 1.807) is 0 Å². The van der Waals surface area contributed by atoms with Crippen LogP contribution in [0.3, 0.4) is 0 Å². The Morgan fingerprint density at radius 1 is 1.25 bits per heavy atom. The second kappa shape index (κ2) is 4.23. The van der Waals surface area contributed by atoms with Crippen molar-refractivity contribution in [1.82, 2.24) is 4.72 Å². The number of nitrogens with one attached hydrogen (secondary N) is 1. The van der Waals surface area contributed by atoms with E-state index in [4.69, 9.17) is 0 Å². The second-order valence-corrected chi connectivity index (χ2v) is 6.13. The third-order valence-electron chi connectivity index (χ3n) is 1.30. The fraction of sp³-hybridized carbons (Fsp3) is 1.00. The average Bonchev–Trinajstić information content (AvgIpc) is 1.83. The first-order chi connectivity index (χ1) is 5.27. The summed E-state index contributed by atoms with van der Waals surface area (Å²) >= 11 is 0. The van der Waals surface area contributed by atoms with Gasteiger partial charge in [-0.05, 0) is 11.8 Å². The first-order valence-corrected chi connectivity index (χ1v) is 5.89. The Balaban J connectivity index is 3.94. The lowest BCUT2D eigenvalue weighted by Crippen LogP contribution is -2.33. The molecule has 12 heavy (non-hydrogen) atoms. The Labute approximate surface area is 75.6 Å². The summed E-state index contributed by atoms with van der Waals surface area (Å²) in [5.41, 5.74) is 0.0147. The normalized spacial score (nSPS) is 13.3. The van der Waals surface area contributed by atoms with Crippen LogP contribution in [0.1, 0.15) is 34.1 Å². The van der Waals surface area contributed by atoms with Crippen LogP contribution in [0.5, 0.6) is 0 Å². The molecule has 0 aliphatic heterocycles. The first kappa shape index (κ1) is 11.9. The molecule has 0 fully saturated rings. The molecule has 0 bridgehead atoms. The minimum atomic E-state index is -3.01. The zero-order chi connectivity index (χ0) is 9.83. The molecule has 0 saturated carbocycles. The topological polar surface area (TPSA) is 46.2 Å². The molecule has 3 nitrogen and oxygen atoms in total.